The van der Waals surface area contributed by atoms with Crippen molar-refractivity contribution in [2.75, 3.05) is 33.4 Å². The third kappa shape index (κ3) is 5.72. The number of rotatable bonds is 8. The van der Waals surface area contributed by atoms with Gasteiger partial charge in [-0.2, -0.15) is 0 Å². The maximum atomic E-state index is 13.2. The second-order valence-electron chi connectivity index (χ2n) is 3.66. The summed E-state index contributed by atoms with van der Waals surface area (Å²) >= 11 is 0. The Morgan fingerprint density at radius 3 is 2.59 bits per heavy atom. The lowest BCUT2D eigenvalue weighted by Gasteiger charge is -2.07. The molecule has 0 saturated carbocycles. The molecule has 2 N–H and O–H groups in total. The number of hydrogen-bond acceptors (Lipinski definition) is 3. The van der Waals surface area contributed by atoms with E-state index in [-0.39, 0.29) is 0 Å². The summed E-state index contributed by atoms with van der Waals surface area (Å²) in [6.07, 6.45) is 0. The normalized spacial score (nSPS) is 10.8. The van der Waals surface area contributed by atoms with E-state index in [1.54, 1.807) is 7.11 Å². The largest absolute Gasteiger partial charge is 0.383 e. The Morgan fingerprint density at radius 2 is 1.88 bits per heavy atom. The van der Waals surface area contributed by atoms with Gasteiger partial charge in [-0.05, 0) is 6.07 Å². The highest BCUT2D eigenvalue weighted by atomic mass is 19.1. The van der Waals surface area contributed by atoms with E-state index in [0.29, 0.717) is 18.7 Å². The summed E-state index contributed by atoms with van der Waals surface area (Å²) in [6, 6.07) is 3.61. The Hall–Kier alpha value is -1.04. The summed E-state index contributed by atoms with van der Waals surface area (Å²) in [7, 11) is 1.65. The Bertz CT molecular complexity index is 334. The molecule has 0 unspecified atom stereocenters. The minimum atomic E-state index is -0.549. The molecule has 0 atom stereocenters. The van der Waals surface area contributed by atoms with Crippen LogP contribution < -0.4 is 10.6 Å². The molecule has 0 fully saturated rings. The van der Waals surface area contributed by atoms with Crippen molar-refractivity contribution in [2.45, 2.75) is 6.54 Å². The molecule has 0 aromatic heterocycles. The lowest BCUT2D eigenvalue weighted by Crippen LogP contribution is -2.29. The zero-order chi connectivity index (χ0) is 12.5. The first-order valence-corrected chi connectivity index (χ1v) is 5.58. The molecule has 0 aliphatic heterocycles. The van der Waals surface area contributed by atoms with E-state index >= 15 is 0 Å². The van der Waals surface area contributed by atoms with Crippen LogP contribution in [0.25, 0.3) is 0 Å². The van der Waals surface area contributed by atoms with E-state index in [9.17, 15) is 8.78 Å². The first-order chi connectivity index (χ1) is 8.24. The highest BCUT2D eigenvalue weighted by molar-refractivity contribution is 5.18. The van der Waals surface area contributed by atoms with Gasteiger partial charge in [-0.3, -0.25) is 0 Å². The van der Waals surface area contributed by atoms with Crippen molar-refractivity contribution < 1.29 is 13.5 Å². The van der Waals surface area contributed by atoms with Crippen LogP contribution >= 0.6 is 0 Å². The van der Waals surface area contributed by atoms with Crippen LogP contribution in [0.3, 0.4) is 0 Å². The van der Waals surface area contributed by atoms with Crippen LogP contribution in [0.1, 0.15) is 5.56 Å². The lowest BCUT2D eigenvalue weighted by molar-refractivity contribution is 0.199. The molecule has 17 heavy (non-hydrogen) atoms. The molecule has 3 nitrogen and oxygen atoms in total. The smallest absolute Gasteiger partial charge is 0.130 e. The number of nitrogens with one attached hydrogen (secondary N) is 2. The fourth-order valence-electron chi connectivity index (χ4n) is 1.36. The topological polar surface area (TPSA) is 33.3 Å². The van der Waals surface area contributed by atoms with E-state index in [1.165, 1.54) is 12.1 Å². The molecule has 0 aliphatic rings. The minimum Gasteiger partial charge on any atom is -0.383 e. The van der Waals surface area contributed by atoms with Crippen LogP contribution in [0.4, 0.5) is 8.78 Å². The van der Waals surface area contributed by atoms with Gasteiger partial charge in [0.25, 0.3) is 0 Å². The van der Waals surface area contributed by atoms with Crippen LogP contribution in [-0.4, -0.2) is 33.4 Å². The molecule has 0 aliphatic carbocycles. The highest BCUT2D eigenvalue weighted by Crippen LogP contribution is 2.08. The number of benzene rings is 1. The summed E-state index contributed by atoms with van der Waals surface area (Å²) in [4.78, 5) is 0. The molecule has 96 valence electrons. The van der Waals surface area contributed by atoms with Crippen LogP contribution in [0.15, 0.2) is 18.2 Å². The molecule has 0 saturated heterocycles. The average Bonchev–Trinajstić information content (AvgIpc) is 2.30. The van der Waals surface area contributed by atoms with Crippen LogP contribution in [0.2, 0.25) is 0 Å². The monoisotopic (exact) mass is 244 g/mol. The molecule has 1 aromatic carbocycles. The molecule has 0 heterocycles. The zero-order valence-corrected chi connectivity index (χ0v) is 9.93. The second kappa shape index (κ2) is 8.11. The molecule has 0 bridgehead atoms. The molecular formula is C12H18F2N2O. The Morgan fingerprint density at radius 1 is 1.12 bits per heavy atom. The quantitative estimate of drug-likeness (QED) is 0.676. The number of methoxy groups -OCH3 is 1. The summed E-state index contributed by atoms with van der Waals surface area (Å²) in [5.41, 5.74) is 0.475. The van der Waals surface area contributed by atoms with E-state index < -0.39 is 11.6 Å². The van der Waals surface area contributed by atoms with Crippen molar-refractivity contribution in [1.82, 2.24) is 10.6 Å². The van der Waals surface area contributed by atoms with E-state index in [1.807, 2.05) is 0 Å². The van der Waals surface area contributed by atoms with Crippen molar-refractivity contribution >= 4 is 0 Å². The Balaban J connectivity index is 2.14. The van der Waals surface area contributed by atoms with Gasteiger partial charge < -0.3 is 15.4 Å². The summed E-state index contributed by atoms with van der Waals surface area (Å²) < 4.78 is 30.7. The minimum absolute atomic E-state index is 0.401. The lowest BCUT2D eigenvalue weighted by atomic mass is 10.2. The molecule has 1 aromatic rings. The average molecular weight is 244 g/mol. The van der Waals surface area contributed by atoms with Gasteiger partial charge in [-0.15, -0.1) is 0 Å². The standard InChI is InChI=1S/C12H18F2N2O/c1-17-7-6-15-4-5-16-9-10-2-3-11(13)8-12(10)14/h2-3,8,15-16H,4-7,9H2,1H3. The molecule has 0 spiro atoms. The Kier molecular flexibility index (Phi) is 6.69. The molecule has 0 amide bonds. The van der Waals surface area contributed by atoms with E-state index in [2.05, 4.69) is 10.6 Å². The fraction of sp³-hybridized carbons (Fsp3) is 0.500. The van der Waals surface area contributed by atoms with E-state index in [0.717, 1.165) is 25.7 Å². The molecule has 1 rings (SSSR count). The molecule has 0 radical (unpaired) electrons. The first kappa shape index (κ1) is 14.0. The predicted octanol–water partition coefficient (Wildman–Crippen LogP) is 1.29. The van der Waals surface area contributed by atoms with E-state index in [4.69, 9.17) is 4.74 Å². The van der Waals surface area contributed by atoms with Gasteiger partial charge in [-0.25, -0.2) is 8.78 Å². The Labute approximate surface area is 100 Å². The van der Waals surface area contributed by atoms with Gasteiger partial charge in [0.1, 0.15) is 11.6 Å². The third-order valence-electron chi connectivity index (χ3n) is 2.29. The van der Waals surface area contributed by atoms with Gasteiger partial charge >= 0.3 is 0 Å². The van der Waals surface area contributed by atoms with Crippen LogP contribution in [-0.2, 0) is 11.3 Å². The fourth-order valence-corrected chi connectivity index (χ4v) is 1.36. The van der Waals surface area contributed by atoms with Crippen molar-refractivity contribution in [3.05, 3.63) is 35.4 Å². The first-order valence-electron chi connectivity index (χ1n) is 5.58. The second-order valence-corrected chi connectivity index (χ2v) is 3.66. The van der Waals surface area contributed by atoms with Gasteiger partial charge in [0.2, 0.25) is 0 Å². The summed E-state index contributed by atoms with van der Waals surface area (Å²) in [6.45, 7) is 3.38. The predicted molar refractivity (Wildman–Crippen MR) is 62.8 cm³/mol. The number of ether oxygens (including phenoxy) is 1. The molecule has 5 heteroatoms. The maximum Gasteiger partial charge on any atom is 0.130 e. The van der Waals surface area contributed by atoms with Gasteiger partial charge in [0, 0.05) is 44.9 Å². The highest BCUT2D eigenvalue weighted by Gasteiger charge is 2.02. The SMILES string of the molecule is COCCNCCNCc1ccc(F)cc1F. The van der Waals surface area contributed by atoms with Gasteiger partial charge in [0.15, 0.2) is 0 Å². The van der Waals surface area contributed by atoms with Crippen molar-refractivity contribution in [3.8, 4) is 0 Å². The van der Waals surface area contributed by atoms with Crippen molar-refractivity contribution in [1.29, 1.82) is 0 Å². The summed E-state index contributed by atoms with van der Waals surface area (Å²) in [5, 5.41) is 6.23. The molecular weight excluding hydrogens is 226 g/mol. The van der Waals surface area contributed by atoms with Gasteiger partial charge in [-0.1, -0.05) is 6.07 Å². The summed E-state index contributed by atoms with van der Waals surface area (Å²) in [5.74, 6) is -1.06. The van der Waals surface area contributed by atoms with Crippen LogP contribution in [0.5, 0.6) is 0 Å². The number of hydrogen-bond donors (Lipinski definition) is 2. The third-order valence-corrected chi connectivity index (χ3v) is 2.29. The zero-order valence-electron chi connectivity index (χ0n) is 9.93. The van der Waals surface area contributed by atoms with Crippen molar-refractivity contribution in [2.24, 2.45) is 0 Å². The maximum absolute atomic E-state index is 13.2. The van der Waals surface area contributed by atoms with Crippen molar-refractivity contribution in [3.63, 3.8) is 0 Å². The van der Waals surface area contributed by atoms with Crippen LogP contribution in [0, 0.1) is 11.6 Å². The van der Waals surface area contributed by atoms with Gasteiger partial charge in [0.05, 0.1) is 6.61 Å². The number of halogens is 2.